The molecule has 0 saturated heterocycles. The van der Waals surface area contributed by atoms with E-state index in [-0.39, 0.29) is 11.2 Å². The Morgan fingerprint density at radius 2 is 1.75 bits per heavy atom. The van der Waals surface area contributed by atoms with E-state index in [4.69, 9.17) is 0 Å². The largest absolute Gasteiger partial charge is 0.300 e. The van der Waals surface area contributed by atoms with Gasteiger partial charge in [0.2, 0.25) is 0 Å². The molecule has 0 aliphatic rings. The number of allylic oxidation sites excluding steroid dienone is 1. The van der Waals surface area contributed by atoms with Crippen molar-refractivity contribution >= 4 is 11.9 Å². The summed E-state index contributed by atoms with van der Waals surface area (Å²) in [5.41, 5.74) is 2.67. The first-order valence-electron chi connectivity index (χ1n) is 5.66. The molecule has 0 N–H and O–H groups in total. The molecule has 0 aliphatic carbocycles. The molecule has 0 amide bonds. The first kappa shape index (κ1) is 12.7. The predicted octanol–water partition coefficient (Wildman–Crippen LogP) is 3.98. The second-order valence-corrected chi connectivity index (χ2v) is 5.18. The van der Waals surface area contributed by atoms with Crippen molar-refractivity contribution in [3.05, 3.63) is 41.5 Å². The highest BCUT2D eigenvalue weighted by molar-refractivity contribution is 5.78. The average Bonchev–Trinajstić information content (AvgIpc) is 2.16. The molecule has 1 nitrogen and oxygen atoms in total. The van der Waals surface area contributed by atoms with Gasteiger partial charge in [0, 0.05) is 6.42 Å². The minimum Gasteiger partial charge on any atom is -0.300 e. The van der Waals surface area contributed by atoms with Crippen LogP contribution in [0.3, 0.4) is 0 Å². The van der Waals surface area contributed by atoms with Gasteiger partial charge in [0.05, 0.1) is 0 Å². The molecule has 1 aromatic rings. The zero-order valence-electron chi connectivity index (χ0n) is 10.6. The highest BCUT2D eigenvalue weighted by Crippen LogP contribution is 2.22. The second kappa shape index (κ2) is 5.11. The zero-order chi connectivity index (χ0) is 12.2. The molecule has 0 bridgehead atoms. The lowest BCUT2D eigenvalue weighted by Gasteiger charge is -2.18. The van der Waals surface area contributed by atoms with Gasteiger partial charge in [-0.25, -0.2) is 0 Å². The summed E-state index contributed by atoms with van der Waals surface area (Å²) >= 11 is 0. The van der Waals surface area contributed by atoms with Gasteiger partial charge in [0.25, 0.3) is 0 Å². The van der Waals surface area contributed by atoms with Crippen molar-refractivity contribution in [2.75, 3.05) is 0 Å². The van der Waals surface area contributed by atoms with Crippen molar-refractivity contribution in [3.63, 3.8) is 0 Å². The molecule has 1 heteroatoms. The van der Waals surface area contributed by atoms with Crippen LogP contribution in [0.15, 0.2) is 30.3 Å². The van der Waals surface area contributed by atoms with Gasteiger partial charge in [-0.1, -0.05) is 57.2 Å². The standard InChI is InChI=1S/C15H20O/c1-12(16)6-5-7-13-8-10-14(11-9-13)15(2,3)4/h5,7-11H,6H2,1-4H3/b7-5+. The lowest BCUT2D eigenvalue weighted by atomic mass is 9.87. The Bertz CT molecular complexity index is 377. The maximum atomic E-state index is 10.8. The quantitative estimate of drug-likeness (QED) is 0.747. The van der Waals surface area contributed by atoms with Crippen molar-refractivity contribution in [2.24, 2.45) is 0 Å². The maximum absolute atomic E-state index is 10.8. The minimum absolute atomic E-state index is 0.196. The Morgan fingerprint density at radius 1 is 1.19 bits per heavy atom. The molecule has 1 aromatic carbocycles. The van der Waals surface area contributed by atoms with E-state index >= 15 is 0 Å². The highest BCUT2D eigenvalue weighted by atomic mass is 16.1. The number of benzene rings is 1. The number of carbonyl (C=O) groups is 1. The van der Waals surface area contributed by atoms with Gasteiger partial charge in [-0.3, -0.25) is 4.79 Å². The van der Waals surface area contributed by atoms with Crippen LogP contribution in [0.5, 0.6) is 0 Å². The summed E-state index contributed by atoms with van der Waals surface area (Å²) in [5.74, 6) is 0.197. The molecule has 0 saturated carbocycles. The minimum atomic E-state index is 0.196. The lowest BCUT2D eigenvalue weighted by molar-refractivity contribution is -0.116. The van der Waals surface area contributed by atoms with E-state index in [1.807, 2.05) is 12.2 Å². The number of hydrogen-bond acceptors (Lipinski definition) is 1. The molecule has 0 heterocycles. The molecule has 0 aromatic heterocycles. The molecule has 0 unspecified atom stereocenters. The monoisotopic (exact) mass is 216 g/mol. The number of Topliss-reactive ketones (excluding diaryl/α,β-unsaturated/α-hetero) is 1. The van der Waals surface area contributed by atoms with Gasteiger partial charge in [0.15, 0.2) is 0 Å². The van der Waals surface area contributed by atoms with E-state index in [9.17, 15) is 4.79 Å². The van der Waals surface area contributed by atoms with E-state index in [1.165, 1.54) is 5.56 Å². The molecule has 16 heavy (non-hydrogen) atoms. The zero-order valence-corrected chi connectivity index (χ0v) is 10.6. The highest BCUT2D eigenvalue weighted by Gasteiger charge is 2.12. The van der Waals surface area contributed by atoms with Gasteiger partial charge in [-0.2, -0.15) is 0 Å². The fourth-order valence-corrected chi connectivity index (χ4v) is 1.46. The maximum Gasteiger partial charge on any atom is 0.133 e. The molecular weight excluding hydrogens is 196 g/mol. The predicted molar refractivity (Wildman–Crippen MR) is 69.5 cm³/mol. The lowest BCUT2D eigenvalue weighted by Crippen LogP contribution is -2.10. The summed E-state index contributed by atoms with van der Waals surface area (Å²) in [7, 11) is 0. The van der Waals surface area contributed by atoms with Crippen LogP contribution in [-0.2, 0) is 10.2 Å². The number of carbonyl (C=O) groups excluding carboxylic acids is 1. The summed E-state index contributed by atoms with van der Waals surface area (Å²) < 4.78 is 0. The van der Waals surface area contributed by atoms with Gasteiger partial charge >= 0.3 is 0 Å². The molecule has 86 valence electrons. The van der Waals surface area contributed by atoms with Crippen LogP contribution in [0, 0.1) is 0 Å². The summed E-state index contributed by atoms with van der Waals surface area (Å²) in [6.07, 6.45) is 4.42. The van der Waals surface area contributed by atoms with Crippen LogP contribution in [0.25, 0.3) is 6.08 Å². The third kappa shape index (κ3) is 4.01. The normalized spacial score (nSPS) is 12.0. The van der Waals surface area contributed by atoms with Crippen LogP contribution in [-0.4, -0.2) is 5.78 Å². The van der Waals surface area contributed by atoms with Crippen LogP contribution in [0.4, 0.5) is 0 Å². The van der Waals surface area contributed by atoms with E-state index in [1.54, 1.807) is 6.92 Å². The SMILES string of the molecule is CC(=O)C/C=C/c1ccc(C(C)(C)C)cc1. The van der Waals surface area contributed by atoms with Crippen molar-refractivity contribution in [2.45, 2.75) is 39.5 Å². The van der Waals surface area contributed by atoms with Crippen LogP contribution >= 0.6 is 0 Å². The first-order chi connectivity index (χ1) is 7.39. The van der Waals surface area contributed by atoms with Crippen molar-refractivity contribution < 1.29 is 4.79 Å². The molecule has 0 radical (unpaired) electrons. The van der Waals surface area contributed by atoms with Gasteiger partial charge in [-0.05, 0) is 23.5 Å². The van der Waals surface area contributed by atoms with Crippen molar-refractivity contribution in [3.8, 4) is 0 Å². The van der Waals surface area contributed by atoms with E-state index in [2.05, 4.69) is 45.0 Å². The smallest absolute Gasteiger partial charge is 0.133 e. The molecular formula is C15H20O. The topological polar surface area (TPSA) is 17.1 Å². The molecule has 0 spiro atoms. The van der Waals surface area contributed by atoms with E-state index in [0.29, 0.717) is 6.42 Å². The van der Waals surface area contributed by atoms with E-state index in [0.717, 1.165) is 5.56 Å². The summed E-state index contributed by atoms with van der Waals surface area (Å²) in [4.78, 5) is 10.8. The van der Waals surface area contributed by atoms with Crippen LogP contribution < -0.4 is 0 Å². The Hall–Kier alpha value is -1.37. The summed E-state index contributed by atoms with van der Waals surface area (Å²) in [5, 5.41) is 0. The van der Waals surface area contributed by atoms with Crippen molar-refractivity contribution in [1.82, 2.24) is 0 Å². The Morgan fingerprint density at radius 3 is 2.19 bits per heavy atom. The van der Waals surface area contributed by atoms with Crippen molar-refractivity contribution in [1.29, 1.82) is 0 Å². The van der Waals surface area contributed by atoms with Crippen LogP contribution in [0.2, 0.25) is 0 Å². The Balaban J connectivity index is 2.72. The number of ketones is 1. The number of hydrogen-bond donors (Lipinski definition) is 0. The third-order valence-electron chi connectivity index (χ3n) is 2.49. The molecule has 1 rings (SSSR count). The summed E-state index contributed by atoms with van der Waals surface area (Å²) in [6, 6.07) is 8.48. The fraction of sp³-hybridized carbons (Fsp3) is 0.400. The number of rotatable bonds is 3. The molecule has 0 fully saturated rings. The van der Waals surface area contributed by atoms with Gasteiger partial charge in [-0.15, -0.1) is 0 Å². The Kier molecular flexibility index (Phi) is 4.05. The fourth-order valence-electron chi connectivity index (χ4n) is 1.46. The summed E-state index contributed by atoms with van der Waals surface area (Å²) in [6.45, 7) is 8.21. The third-order valence-corrected chi connectivity index (χ3v) is 2.49. The molecule has 0 aliphatic heterocycles. The van der Waals surface area contributed by atoms with E-state index < -0.39 is 0 Å². The average molecular weight is 216 g/mol. The first-order valence-corrected chi connectivity index (χ1v) is 5.66. The molecule has 0 atom stereocenters. The van der Waals surface area contributed by atoms with Gasteiger partial charge in [0.1, 0.15) is 5.78 Å². The van der Waals surface area contributed by atoms with Gasteiger partial charge < -0.3 is 0 Å². The second-order valence-electron chi connectivity index (χ2n) is 5.18. The van der Waals surface area contributed by atoms with Crippen LogP contribution in [0.1, 0.15) is 45.2 Å². The Labute approximate surface area is 98.2 Å².